The molecule has 28 heavy (non-hydrogen) atoms. The molecule has 0 aromatic heterocycles. The normalized spacial score (nSPS) is 36.4. The van der Waals surface area contributed by atoms with Crippen molar-refractivity contribution in [3.05, 3.63) is 41.1 Å². The van der Waals surface area contributed by atoms with Gasteiger partial charge in [-0.15, -0.1) is 4.74 Å². The maximum absolute atomic E-state index is 12.7. The molecule has 8 heteroatoms. The number of fused-ring (bicyclic) bond motifs is 1. The van der Waals surface area contributed by atoms with Crippen LogP contribution in [-0.4, -0.2) is 60.0 Å². The molecule has 154 valence electrons. The number of nitrogens with zero attached hydrogens (tertiary/aromatic N) is 1. The first-order chi connectivity index (χ1) is 13.2. The van der Waals surface area contributed by atoms with Crippen molar-refractivity contribution < 1.29 is 33.2 Å². The highest BCUT2D eigenvalue weighted by Gasteiger charge is 2.62. The SMILES string of the molecule is CC1(C)O[C@H]2[C@@H]([C@@H]3COC(C)(C)O3)O[C@H](/[N+]([O-])=C/OCc3ccccc3)[C@H]2O1. The van der Waals surface area contributed by atoms with Gasteiger partial charge < -0.3 is 33.6 Å². The van der Waals surface area contributed by atoms with Crippen LogP contribution in [0.5, 0.6) is 0 Å². The maximum Gasteiger partial charge on any atom is 0.338 e. The molecule has 3 fully saturated rings. The zero-order valence-electron chi connectivity index (χ0n) is 16.6. The molecule has 0 aliphatic carbocycles. The Hall–Kier alpha value is -1.71. The molecule has 0 spiro atoms. The van der Waals surface area contributed by atoms with E-state index in [0.717, 1.165) is 12.0 Å². The van der Waals surface area contributed by atoms with Gasteiger partial charge in [-0.05, 0) is 33.3 Å². The van der Waals surface area contributed by atoms with Crippen LogP contribution in [0.15, 0.2) is 30.3 Å². The largest absolute Gasteiger partial charge is 0.620 e. The van der Waals surface area contributed by atoms with Crippen molar-refractivity contribution in [3.63, 3.8) is 0 Å². The van der Waals surface area contributed by atoms with E-state index in [1.54, 1.807) is 0 Å². The van der Waals surface area contributed by atoms with E-state index in [2.05, 4.69) is 0 Å². The van der Waals surface area contributed by atoms with Crippen LogP contribution in [0.3, 0.4) is 0 Å². The molecule has 8 nitrogen and oxygen atoms in total. The van der Waals surface area contributed by atoms with Crippen LogP contribution in [0.4, 0.5) is 0 Å². The van der Waals surface area contributed by atoms with Crippen LogP contribution in [0, 0.1) is 5.21 Å². The quantitative estimate of drug-likeness (QED) is 0.249. The van der Waals surface area contributed by atoms with Crippen LogP contribution >= 0.6 is 0 Å². The molecular weight excluding hydrogens is 366 g/mol. The van der Waals surface area contributed by atoms with Crippen LogP contribution in [0.1, 0.15) is 33.3 Å². The van der Waals surface area contributed by atoms with Gasteiger partial charge in [0.1, 0.15) is 24.9 Å². The van der Waals surface area contributed by atoms with E-state index in [4.69, 9.17) is 28.4 Å². The molecule has 3 aliphatic heterocycles. The Balaban J connectivity index is 1.46. The summed E-state index contributed by atoms with van der Waals surface area (Å²) in [5, 5.41) is 12.7. The second-order valence-corrected chi connectivity index (χ2v) is 8.19. The highest BCUT2D eigenvalue weighted by Crippen LogP contribution is 2.42. The van der Waals surface area contributed by atoms with Crippen molar-refractivity contribution in [3.8, 4) is 0 Å². The molecule has 0 amide bonds. The predicted octanol–water partition coefficient (Wildman–Crippen LogP) is 2.14. The second-order valence-electron chi connectivity index (χ2n) is 8.19. The third kappa shape index (κ3) is 4.01. The summed E-state index contributed by atoms with van der Waals surface area (Å²) in [5.41, 5.74) is 0.968. The van der Waals surface area contributed by atoms with Crippen molar-refractivity contribution in [1.29, 1.82) is 0 Å². The lowest BCUT2D eigenvalue weighted by Crippen LogP contribution is -2.40. The molecule has 0 bridgehead atoms. The van der Waals surface area contributed by atoms with Gasteiger partial charge in [-0.2, -0.15) is 0 Å². The summed E-state index contributed by atoms with van der Waals surface area (Å²) >= 11 is 0. The van der Waals surface area contributed by atoms with Crippen LogP contribution in [0.2, 0.25) is 0 Å². The summed E-state index contributed by atoms with van der Waals surface area (Å²) in [6.45, 7) is 7.99. The summed E-state index contributed by atoms with van der Waals surface area (Å²) in [6, 6.07) is 9.61. The minimum Gasteiger partial charge on any atom is -0.620 e. The number of hydrogen-bond acceptors (Lipinski definition) is 7. The third-order valence-corrected chi connectivity index (χ3v) is 4.98. The first-order valence-corrected chi connectivity index (χ1v) is 9.51. The Morgan fingerprint density at radius 1 is 1.04 bits per heavy atom. The van der Waals surface area contributed by atoms with Crippen molar-refractivity contribution >= 4 is 6.40 Å². The number of hydroxylamine groups is 1. The summed E-state index contributed by atoms with van der Waals surface area (Å²) in [7, 11) is 0. The summed E-state index contributed by atoms with van der Waals surface area (Å²) in [5.74, 6) is -1.50. The molecule has 0 radical (unpaired) electrons. The zero-order chi connectivity index (χ0) is 19.9. The molecule has 3 heterocycles. The highest BCUT2D eigenvalue weighted by molar-refractivity contribution is 5.40. The van der Waals surface area contributed by atoms with E-state index < -0.39 is 36.1 Å². The Labute approximate surface area is 164 Å². The smallest absolute Gasteiger partial charge is 0.338 e. The van der Waals surface area contributed by atoms with Gasteiger partial charge >= 0.3 is 6.40 Å². The topological polar surface area (TPSA) is 81.5 Å². The van der Waals surface area contributed by atoms with E-state index in [1.165, 1.54) is 0 Å². The van der Waals surface area contributed by atoms with E-state index in [9.17, 15) is 5.21 Å². The predicted molar refractivity (Wildman–Crippen MR) is 98.3 cm³/mol. The van der Waals surface area contributed by atoms with E-state index in [-0.39, 0.29) is 6.10 Å². The minimum atomic E-state index is -0.889. The first kappa shape index (κ1) is 19.6. The van der Waals surface area contributed by atoms with E-state index >= 15 is 0 Å². The maximum atomic E-state index is 12.7. The van der Waals surface area contributed by atoms with Gasteiger partial charge in [0.2, 0.25) is 0 Å². The number of ether oxygens (including phenoxy) is 6. The summed E-state index contributed by atoms with van der Waals surface area (Å²) < 4.78 is 35.7. The fraction of sp³-hybridized carbons (Fsp3) is 0.650. The van der Waals surface area contributed by atoms with Gasteiger partial charge in [-0.25, -0.2) is 0 Å². The number of hydrogen-bond donors (Lipinski definition) is 0. The Kier molecular flexibility index (Phi) is 5.09. The Morgan fingerprint density at radius 2 is 1.75 bits per heavy atom. The standard InChI is InChI=1S/C20H27NO7/c1-19(2)24-11-14(26-19)15-16-17(28-20(3,4)27-16)18(25-15)21(22)12-23-10-13-8-6-5-7-9-13/h5-9,12,14-18H,10-11H2,1-4H3/b21-12-/t14-,15+,16-,17-,18-/m0/s1. The lowest BCUT2D eigenvalue weighted by Gasteiger charge is -2.26. The Morgan fingerprint density at radius 3 is 2.43 bits per heavy atom. The average molecular weight is 393 g/mol. The van der Waals surface area contributed by atoms with E-state index in [1.807, 2.05) is 58.0 Å². The average Bonchev–Trinajstić information content (AvgIpc) is 3.25. The highest BCUT2D eigenvalue weighted by atomic mass is 16.8. The van der Waals surface area contributed by atoms with Crippen LogP contribution in [-0.2, 0) is 35.0 Å². The number of rotatable bonds is 5. The van der Waals surface area contributed by atoms with Gasteiger partial charge in [0, 0.05) is 0 Å². The van der Waals surface area contributed by atoms with Gasteiger partial charge in [0.25, 0.3) is 6.23 Å². The molecule has 1 aromatic rings. The van der Waals surface area contributed by atoms with Crippen LogP contribution in [0.25, 0.3) is 0 Å². The lowest BCUT2D eigenvalue weighted by molar-refractivity contribution is -0.568. The Bertz CT molecular complexity index is 721. The molecule has 3 aliphatic rings. The van der Waals surface area contributed by atoms with Gasteiger partial charge in [-0.3, -0.25) is 0 Å². The molecule has 5 atom stereocenters. The second kappa shape index (κ2) is 7.27. The molecular formula is C20H27NO7. The molecule has 0 unspecified atom stereocenters. The summed E-state index contributed by atoms with van der Waals surface area (Å²) in [6.07, 6.45) is -1.56. The third-order valence-electron chi connectivity index (χ3n) is 4.98. The van der Waals surface area contributed by atoms with Crippen molar-refractivity contribution in [1.82, 2.24) is 0 Å². The van der Waals surface area contributed by atoms with Crippen molar-refractivity contribution in [2.75, 3.05) is 6.61 Å². The molecule has 0 N–H and O–H groups in total. The summed E-state index contributed by atoms with van der Waals surface area (Å²) in [4.78, 5) is 0. The zero-order valence-corrected chi connectivity index (χ0v) is 16.6. The number of benzene rings is 1. The monoisotopic (exact) mass is 393 g/mol. The fourth-order valence-electron chi connectivity index (χ4n) is 3.83. The lowest BCUT2D eigenvalue weighted by atomic mass is 10.1. The van der Waals surface area contributed by atoms with E-state index in [0.29, 0.717) is 18.0 Å². The molecule has 3 saturated heterocycles. The fourth-order valence-corrected chi connectivity index (χ4v) is 3.83. The van der Waals surface area contributed by atoms with Crippen molar-refractivity contribution in [2.24, 2.45) is 0 Å². The van der Waals surface area contributed by atoms with Gasteiger partial charge in [0.15, 0.2) is 17.7 Å². The van der Waals surface area contributed by atoms with Gasteiger partial charge in [0.05, 0.1) is 6.61 Å². The van der Waals surface area contributed by atoms with Gasteiger partial charge in [-0.1, -0.05) is 30.3 Å². The molecule has 0 saturated carbocycles. The van der Waals surface area contributed by atoms with Crippen LogP contribution < -0.4 is 0 Å². The molecule has 1 aromatic carbocycles. The minimum absolute atomic E-state index is 0.292. The van der Waals surface area contributed by atoms with Crippen molar-refractivity contribution in [2.45, 2.75) is 76.5 Å². The molecule has 4 rings (SSSR count). The first-order valence-electron chi connectivity index (χ1n) is 9.51.